The molecule has 0 saturated carbocycles. The molecule has 4 nitrogen and oxygen atoms in total. The fraction of sp³-hybridized carbons (Fsp3) is 0. The number of para-hydroxylation sites is 5. The predicted octanol–water partition coefficient (Wildman–Crippen LogP) is 7.80. The molecule has 0 spiro atoms. The Kier molecular flexibility index (Phi) is 5.50. The summed E-state index contributed by atoms with van der Waals surface area (Å²) in [5.74, 6) is 1.89. The van der Waals surface area contributed by atoms with Gasteiger partial charge in [0, 0.05) is 50.6 Å². The summed E-state index contributed by atoms with van der Waals surface area (Å²) >= 11 is 0. The molecule has 0 radical (unpaired) electrons. The standard InChI is InChI=1S/C48H29B2N3O/c1-3-15-30(16-4-1)51-38-23-11-8-20-33(38)49-35-29-36-48(44-32-19-7-10-22-37(32)53(47(35)44)41-26-13-25-40(51)45(41)49)54-43-28-14-27-42-46(43)50(36)34-21-9-12-24-39(34)52(42)31-17-5-2-6-18-31/h1-29H. The van der Waals surface area contributed by atoms with Crippen molar-refractivity contribution in [1.82, 2.24) is 4.57 Å². The lowest BCUT2D eigenvalue weighted by molar-refractivity contribution is 0.493. The largest absolute Gasteiger partial charge is 0.458 e. The summed E-state index contributed by atoms with van der Waals surface area (Å²) in [5.41, 5.74) is 18.5. The van der Waals surface area contributed by atoms with Crippen LogP contribution >= 0.6 is 0 Å². The molecule has 5 heterocycles. The minimum atomic E-state index is -0.00448. The first kappa shape index (κ1) is 28.6. The molecule has 0 saturated heterocycles. The van der Waals surface area contributed by atoms with Gasteiger partial charge in [-0.15, -0.1) is 0 Å². The Morgan fingerprint density at radius 2 is 0.944 bits per heavy atom. The van der Waals surface area contributed by atoms with Crippen molar-refractivity contribution >= 4 is 102 Å². The fourth-order valence-electron chi connectivity index (χ4n) is 10.2. The number of fused-ring (bicyclic) bond motifs is 12. The van der Waals surface area contributed by atoms with Crippen molar-refractivity contribution in [1.29, 1.82) is 0 Å². The lowest BCUT2D eigenvalue weighted by Crippen LogP contribution is -2.63. The quantitative estimate of drug-likeness (QED) is 0.173. The summed E-state index contributed by atoms with van der Waals surface area (Å²) in [6.45, 7) is 0.0310. The van der Waals surface area contributed by atoms with Crippen LogP contribution in [0, 0.1) is 0 Å². The molecular formula is C48H29B2N3O. The Morgan fingerprint density at radius 1 is 0.407 bits per heavy atom. The molecule has 0 atom stereocenters. The van der Waals surface area contributed by atoms with Crippen molar-refractivity contribution in [2.24, 2.45) is 0 Å². The van der Waals surface area contributed by atoms with E-state index in [9.17, 15) is 0 Å². The summed E-state index contributed by atoms with van der Waals surface area (Å²) in [4.78, 5) is 4.86. The minimum Gasteiger partial charge on any atom is -0.458 e. The van der Waals surface area contributed by atoms with E-state index in [0.29, 0.717) is 0 Å². The van der Waals surface area contributed by atoms with Crippen LogP contribution in [0.3, 0.4) is 0 Å². The maximum absolute atomic E-state index is 7.27. The zero-order valence-electron chi connectivity index (χ0n) is 29.1. The second-order valence-corrected chi connectivity index (χ2v) is 14.8. The van der Waals surface area contributed by atoms with Crippen LogP contribution in [0.4, 0.5) is 34.1 Å². The van der Waals surface area contributed by atoms with Gasteiger partial charge in [-0.25, -0.2) is 0 Å². The van der Waals surface area contributed by atoms with Crippen molar-refractivity contribution in [3.8, 4) is 17.2 Å². The summed E-state index contributed by atoms with van der Waals surface area (Å²) < 4.78 is 9.79. The molecule has 9 aromatic rings. The first-order chi connectivity index (χ1) is 26.8. The number of nitrogens with zero attached hydrogens (tertiary/aromatic N) is 3. The van der Waals surface area contributed by atoms with Gasteiger partial charge < -0.3 is 19.1 Å². The second kappa shape index (κ2) is 10.4. The van der Waals surface area contributed by atoms with Gasteiger partial charge in [0.15, 0.2) is 0 Å². The third-order valence-electron chi connectivity index (χ3n) is 12.2. The summed E-state index contributed by atoms with van der Waals surface area (Å²) in [6.07, 6.45) is 0. The van der Waals surface area contributed by atoms with Crippen LogP contribution < -0.4 is 47.3 Å². The first-order valence-electron chi connectivity index (χ1n) is 18.8. The van der Waals surface area contributed by atoms with E-state index >= 15 is 0 Å². The molecule has 4 aliphatic heterocycles. The number of ether oxygens (including phenoxy) is 1. The van der Waals surface area contributed by atoms with E-state index in [-0.39, 0.29) is 13.4 Å². The zero-order chi connectivity index (χ0) is 35.1. The van der Waals surface area contributed by atoms with Crippen molar-refractivity contribution in [2.45, 2.75) is 0 Å². The third kappa shape index (κ3) is 3.51. The van der Waals surface area contributed by atoms with E-state index in [4.69, 9.17) is 4.74 Å². The molecule has 4 aliphatic rings. The number of rotatable bonds is 2. The van der Waals surface area contributed by atoms with E-state index in [1.807, 2.05) is 0 Å². The molecule has 248 valence electrons. The predicted molar refractivity (Wildman–Crippen MR) is 226 cm³/mol. The van der Waals surface area contributed by atoms with Gasteiger partial charge >= 0.3 is 0 Å². The first-order valence-corrected chi connectivity index (χ1v) is 18.8. The van der Waals surface area contributed by atoms with Gasteiger partial charge in [0.2, 0.25) is 0 Å². The van der Waals surface area contributed by atoms with E-state index in [2.05, 4.69) is 190 Å². The molecule has 54 heavy (non-hydrogen) atoms. The molecule has 1 aromatic heterocycles. The van der Waals surface area contributed by atoms with E-state index in [1.165, 1.54) is 83.0 Å². The van der Waals surface area contributed by atoms with Crippen LogP contribution in [-0.4, -0.2) is 18.0 Å². The number of hydrogen-bond donors (Lipinski definition) is 0. The van der Waals surface area contributed by atoms with Crippen molar-refractivity contribution in [3.05, 3.63) is 176 Å². The zero-order valence-corrected chi connectivity index (χ0v) is 29.1. The highest BCUT2D eigenvalue weighted by Gasteiger charge is 2.47. The maximum Gasteiger partial charge on any atom is 0.256 e. The van der Waals surface area contributed by atoms with Crippen LogP contribution in [-0.2, 0) is 0 Å². The second-order valence-electron chi connectivity index (χ2n) is 14.8. The molecule has 0 N–H and O–H groups in total. The Morgan fingerprint density at radius 3 is 1.65 bits per heavy atom. The van der Waals surface area contributed by atoms with Gasteiger partial charge in [-0.2, -0.15) is 0 Å². The van der Waals surface area contributed by atoms with Crippen molar-refractivity contribution in [3.63, 3.8) is 0 Å². The van der Waals surface area contributed by atoms with Gasteiger partial charge in [-0.3, -0.25) is 0 Å². The normalized spacial score (nSPS) is 13.9. The molecule has 13 rings (SSSR count). The highest BCUT2D eigenvalue weighted by Crippen LogP contribution is 2.46. The maximum atomic E-state index is 7.27. The minimum absolute atomic E-state index is 0.00448. The van der Waals surface area contributed by atoms with Crippen molar-refractivity contribution < 1.29 is 4.74 Å². The van der Waals surface area contributed by atoms with Gasteiger partial charge in [0.05, 0.1) is 11.0 Å². The lowest BCUT2D eigenvalue weighted by atomic mass is 9.30. The van der Waals surface area contributed by atoms with Crippen LogP contribution in [0.1, 0.15) is 0 Å². The average molecular weight is 685 g/mol. The third-order valence-corrected chi connectivity index (χ3v) is 12.2. The Balaban J connectivity index is 1.16. The average Bonchev–Trinajstić information content (AvgIpc) is 3.59. The van der Waals surface area contributed by atoms with Crippen molar-refractivity contribution in [2.75, 3.05) is 9.80 Å². The molecule has 0 bridgehead atoms. The molecule has 0 aliphatic carbocycles. The van der Waals surface area contributed by atoms with Crippen LogP contribution in [0.25, 0.3) is 27.5 Å². The summed E-state index contributed by atoms with van der Waals surface area (Å²) in [7, 11) is 0. The monoisotopic (exact) mass is 685 g/mol. The summed E-state index contributed by atoms with van der Waals surface area (Å²) in [5, 5.41) is 2.40. The topological polar surface area (TPSA) is 20.6 Å². The van der Waals surface area contributed by atoms with E-state index in [1.54, 1.807) is 0 Å². The molecular weight excluding hydrogens is 656 g/mol. The Bertz CT molecular complexity index is 3070. The molecule has 6 heteroatoms. The van der Waals surface area contributed by atoms with Crippen LogP contribution in [0.5, 0.6) is 11.5 Å². The number of benzene rings is 8. The lowest BCUT2D eigenvalue weighted by Gasteiger charge is -2.42. The van der Waals surface area contributed by atoms with E-state index in [0.717, 1.165) is 22.9 Å². The van der Waals surface area contributed by atoms with Gasteiger partial charge in [0.25, 0.3) is 13.4 Å². The number of hydrogen-bond acceptors (Lipinski definition) is 3. The van der Waals surface area contributed by atoms with Crippen LogP contribution in [0.2, 0.25) is 0 Å². The molecule has 8 aromatic carbocycles. The smallest absolute Gasteiger partial charge is 0.256 e. The molecule has 0 unspecified atom stereocenters. The van der Waals surface area contributed by atoms with Crippen LogP contribution in [0.15, 0.2) is 176 Å². The fourth-order valence-corrected chi connectivity index (χ4v) is 10.2. The highest BCUT2D eigenvalue weighted by atomic mass is 16.5. The number of anilines is 6. The van der Waals surface area contributed by atoms with Gasteiger partial charge in [-0.05, 0) is 99.5 Å². The Labute approximate surface area is 313 Å². The van der Waals surface area contributed by atoms with Gasteiger partial charge in [-0.1, -0.05) is 109 Å². The van der Waals surface area contributed by atoms with E-state index < -0.39 is 0 Å². The van der Waals surface area contributed by atoms with Gasteiger partial charge in [0.1, 0.15) is 11.5 Å². The summed E-state index contributed by atoms with van der Waals surface area (Å²) in [6, 6.07) is 64.3. The molecule has 0 amide bonds. The number of aromatic nitrogens is 1. The highest BCUT2D eigenvalue weighted by molar-refractivity contribution is 7.03. The SMILES string of the molecule is c1ccc(N2c3ccccc3B3c4cc5c6c(c4Oc4cccc2c43)c2ccccc2n6-c2cccc3c2B5c2ccccc2N3c2ccccc2)cc1. The Hall–Kier alpha value is -6.91. The molecule has 0 fully saturated rings.